The second kappa shape index (κ2) is 8.98. The van der Waals surface area contributed by atoms with Gasteiger partial charge in [-0.2, -0.15) is 9.90 Å². The Kier molecular flexibility index (Phi) is 5.97. The zero-order valence-corrected chi connectivity index (χ0v) is 16.4. The van der Waals surface area contributed by atoms with E-state index in [0.717, 1.165) is 42.3 Å². The van der Waals surface area contributed by atoms with Crippen molar-refractivity contribution in [3.05, 3.63) is 71.5 Å². The number of ether oxygens (including phenoxy) is 2. The van der Waals surface area contributed by atoms with Crippen LogP contribution in [0.5, 0.6) is 5.75 Å². The van der Waals surface area contributed by atoms with Gasteiger partial charge in [0.25, 0.3) is 0 Å². The molecule has 1 aliphatic rings. The van der Waals surface area contributed by atoms with Gasteiger partial charge in [-0.1, -0.05) is 24.3 Å². The standard InChI is InChI=1S/C22H24N4O3/c1-2-28-19-9-7-18(8-10-19)26-24-14-20(25-26)21(27)13-16-3-5-17(6-4-16)22-15-23-11-12-29-22/h3-10,14,22-23H,2,11-13,15H2,1H3/t22-/m1/s1. The van der Waals surface area contributed by atoms with Gasteiger partial charge in [0.15, 0.2) is 5.78 Å². The third kappa shape index (κ3) is 4.70. The molecule has 0 aliphatic carbocycles. The van der Waals surface area contributed by atoms with E-state index >= 15 is 0 Å². The van der Waals surface area contributed by atoms with Gasteiger partial charge in [0.05, 0.1) is 31.2 Å². The molecule has 0 saturated carbocycles. The minimum Gasteiger partial charge on any atom is -0.494 e. The van der Waals surface area contributed by atoms with Crippen LogP contribution in [0.3, 0.4) is 0 Å². The van der Waals surface area contributed by atoms with Crippen LogP contribution in [-0.2, 0) is 11.2 Å². The van der Waals surface area contributed by atoms with Crippen molar-refractivity contribution in [2.45, 2.75) is 19.4 Å². The average Bonchev–Trinajstić information content (AvgIpc) is 3.26. The van der Waals surface area contributed by atoms with Gasteiger partial charge in [-0.15, -0.1) is 5.10 Å². The van der Waals surface area contributed by atoms with Crippen molar-refractivity contribution in [3.63, 3.8) is 0 Å². The molecule has 7 heteroatoms. The number of morpholine rings is 1. The van der Waals surface area contributed by atoms with Crippen LogP contribution < -0.4 is 10.1 Å². The summed E-state index contributed by atoms with van der Waals surface area (Å²) in [5, 5.41) is 11.9. The lowest BCUT2D eigenvalue weighted by atomic mass is 10.0. The van der Waals surface area contributed by atoms with Gasteiger partial charge in [0, 0.05) is 19.5 Å². The van der Waals surface area contributed by atoms with Crippen LogP contribution in [0.15, 0.2) is 54.7 Å². The van der Waals surface area contributed by atoms with E-state index in [-0.39, 0.29) is 18.3 Å². The summed E-state index contributed by atoms with van der Waals surface area (Å²) in [6.45, 7) is 4.97. The molecule has 2 heterocycles. The van der Waals surface area contributed by atoms with Crippen LogP contribution in [0.2, 0.25) is 0 Å². The largest absolute Gasteiger partial charge is 0.494 e. The lowest BCUT2D eigenvalue weighted by Gasteiger charge is -2.24. The maximum absolute atomic E-state index is 12.6. The highest BCUT2D eigenvalue weighted by atomic mass is 16.5. The predicted octanol–water partition coefficient (Wildman–Crippen LogP) is 2.75. The van der Waals surface area contributed by atoms with Gasteiger partial charge in [0.2, 0.25) is 0 Å². The molecule has 1 fully saturated rings. The van der Waals surface area contributed by atoms with Crippen LogP contribution in [-0.4, -0.2) is 47.1 Å². The molecule has 7 nitrogen and oxygen atoms in total. The van der Waals surface area contributed by atoms with E-state index in [1.165, 1.54) is 11.0 Å². The van der Waals surface area contributed by atoms with Gasteiger partial charge < -0.3 is 14.8 Å². The van der Waals surface area contributed by atoms with E-state index in [1.807, 2.05) is 55.5 Å². The highest BCUT2D eigenvalue weighted by Gasteiger charge is 2.16. The number of aromatic nitrogens is 3. The minimum absolute atomic E-state index is 0.0643. The molecule has 3 aromatic rings. The molecule has 1 aliphatic heterocycles. The monoisotopic (exact) mass is 392 g/mol. The summed E-state index contributed by atoms with van der Waals surface area (Å²) >= 11 is 0. The Labute approximate surface area is 169 Å². The van der Waals surface area contributed by atoms with E-state index in [4.69, 9.17) is 9.47 Å². The molecule has 1 atom stereocenters. The summed E-state index contributed by atoms with van der Waals surface area (Å²) in [6, 6.07) is 15.4. The normalized spacial score (nSPS) is 16.5. The van der Waals surface area contributed by atoms with Gasteiger partial charge in [-0.05, 0) is 42.3 Å². The number of Topliss-reactive ketones (excluding diaryl/α,β-unsaturated/α-hetero) is 1. The number of nitrogens with zero attached hydrogens (tertiary/aromatic N) is 3. The molecule has 1 saturated heterocycles. The first-order valence-electron chi connectivity index (χ1n) is 9.83. The number of nitrogens with one attached hydrogen (secondary N) is 1. The quantitative estimate of drug-likeness (QED) is 0.623. The van der Waals surface area contributed by atoms with Crippen LogP contribution in [0.4, 0.5) is 0 Å². The van der Waals surface area contributed by atoms with Crippen molar-refractivity contribution in [2.75, 3.05) is 26.3 Å². The Bertz CT molecular complexity index is 945. The topological polar surface area (TPSA) is 78.3 Å². The van der Waals surface area contributed by atoms with Gasteiger partial charge >= 0.3 is 0 Å². The third-order valence-electron chi connectivity index (χ3n) is 4.80. The average molecular weight is 392 g/mol. The maximum Gasteiger partial charge on any atom is 0.189 e. The number of carbonyl (C=O) groups is 1. The Morgan fingerprint density at radius 2 is 2.00 bits per heavy atom. The van der Waals surface area contributed by atoms with E-state index in [0.29, 0.717) is 12.3 Å². The Morgan fingerprint density at radius 3 is 2.69 bits per heavy atom. The zero-order chi connectivity index (χ0) is 20.1. The lowest BCUT2D eigenvalue weighted by molar-refractivity contribution is 0.0277. The first kappa shape index (κ1) is 19.3. The molecule has 0 radical (unpaired) electrons. The van der Waals surface area contributed by atoms with Gasteiger partial charge in [-0.3, -0.25) is 4.79 Å². The fourth-order valence-corrected chi connectivity index (χ4v) is 3.26. The second-order valence-corrected chi connectivity index (χ2v) is 6.85. The van der Waals surface area contributed by atoms with Crippen LogP contribution >= 0.6 is 0 Å². The summed E-state index contributed by atoms with van der Waals surface area (Å²) in [5.74, 6) is 0.725. The molecule has 0 amide bonds. The lowest BCUT2D eigenvalue weighted by Crippen LogP contribution is -2.33. The second-order valence-electron chi connectivity index (χ2n) is 6.85. The molecule has 150 valence electrons. The van der Waals surface area contributed by atoms with Gasteiger partial charge in [-0.25, -0.2) is 0 Å². The molecular formula is C22H24N4O3. The molecule has 2 aromatic carbocycles. The number of hydrogen-bond acceptors (Lipinski definition) is 6. The third-order valence-corrected chi connectivity index (χ3v) is 4.80. The predicted molar refractivity (Wildman–Crippen MR) is 109 cm³/mol. The van der Waals surface area contributed by atoms with E-state index in [2.05, 4.69) is 15.5 Å². The number of benzene rings is 2. The van der Waals surface area contributed by atoms with Crippen LogP contribution in [0.25, 0.3) is 5.69 Å². The van der Waals surface area contributed by atoms with Crippen molar-refractivity contribution >= 4 is 5.78 Å². The number of hydrogen-bond donors (Lipinski definition) is 1. The van der Waals surface area contributed by atoms with E-state index in [1.54, 1.807) is 0 Å². The van der Waals surface area contributed by atoms with E-state index < -0.39 is 0 Å². The molecular weight excluding hydrogens is 368 g/mol. The SMILES string of the molecule is CCOc1ccc(-n2ncc(C(=O)Cc3ccc([C@H]4CNCCO4)cc3)n2)cc1. The highest BCUT2D eigenvalue weighted by molar-refractivity contribution is 5.95. The van der Waals surface area contributed by atoms with Crippen LogP contribution in [0.1, 0.15) is 34.6 Å². The first-order chi connectivity index (χ1) is 14.2. The number of ketones is 1. The van der Waals surface area contributed by atoms with Crippen LogP contribution in [0, 0.1) is 0 Å². The minimum atomic E-state index is -0.0643. The number of carbonyl (C=O) groups excluding carboxylic acids is 1. The Morgan fingerprint density at radius 1 is 1.21 bits per heavy atom. The molecule has 0 bridgehead atoms. The smallest absolute Gasteiger partial charge is 0.189 e. The molecule has 4 rings (SSSR count). The molecule has 0 unspecified atom stereocenters. The molecule has 1 N–H and O–H groups in total. The molecule has 29 heavy (non-hydrogen) atoms. The summed E-state index contributed by atoms with van der Waals surface area (Å²) in [6.07, 6.45) is 1.86. The maximum atomic E-state index is 12.6. The molecule has 0 spiro atoms. The van der Waals surface area contributed by atoms with Crippen molar-refractivity contribution in [1.82, 2.24) is 20.3 Å². The van der Waals surface area contributed by atoms with Gasteiger partial charge in [0.1, 0.15) is 11.4 Å². The van der Waals surface area contributed by atoms with Crippen molar-refractivity contribution in [2.24, 2.45) is 0 Å². The molecule has 1 aromatic heterocycles. The van der Waals surface area contributed by atoms with E-state index in [9.17, 15) is 4.79 Å². The summed E-state index contributed by atoms with van der Waals surface area (Å²) in [5.41, 5.74) is 3.19. The van der Waals surface area contributed by atoms with Crippen molar-refractivity contribution in [3.8, 4) is 11.4 Å². The summed E-state index contributed by atoms with van der Waals surface area (Å²) in [4.78, 5) is 14.1. The highest BCUT2D eigenvalue weighted by Crippen LogP contribution is 2.20. The van der Waals surface area contributed by atoms with Crippen molar-refractivity contribution in [1.29, 1.82) is 0 Å². The Balaban J connectivity index is 1.40. The van der Waals surface area contributed by atoms with Crippen molar-refractivity contribution < 1.29 is 14.3 Å². The zero-order valence-electron chi connectivity index (χ0n) is 16.4. The fraction of sp³-hybridized carbons (Fsp3) is 0.318. The summed E-state index contributed by atoms with van der Waals surface area (Å²) in [7, 11) is 0. The Hall–Kier alpha value is -3.03. The summed E-state index contributed by atoms with van der Waals surface area (Å²) < 4.78 is 11.2. The fourth-order valence-electron chi connectivity index (χ4n) is 3.26. The number of rotatable bonds is 7. The first-order valence-corrected chi connectivity index (χ1v) is 9.83.